The second kappa shape index (κ2) is 7.36. The lowest BCUT2D eigenvalue weighted by atomic mass is 10.0. The molecule has 0 saturated heterocycles. The second-order valence-corrected chi connectivity index (χ2v) is 3.92. The van der Waals surface area contributed by atoms with Gasteiger partial charge in [-0.3, -0.25) is 4.79 Å². The number of hydrogen-bond acceptors (Lipinski definition) is 3. The molecule has 96 valence electrons. The van der Waals surface area contributed by atoms with Crippen LogP contribution in [-0.4, -0.2) is 23.7 Å². The minimum atomic E-state index is -0.874. The zero-order chi connectivity index (χ0) is 13.4. The first-order chi connectivity index (χ1) is 8.61. The second-order valence-electron chi connectivity index (χ2n) is 3.92. The van der Waals surface area contributed by atoms with Crippen LogP contribution >= 0.6 is 0 Å². The van der Waals surface area contributed by atoms with Crippen LogP contribution in [0.25, 0.3) is 0 Å². The Balaban J connectivity index is 2.48. The molecule has 0 radical (unpaired) electrons. The minimum Gasteiger partial charge on any atom is -0.481 e. The summed E-state index contributed by atoms with van der Waals surface area (Å²) >= 11 is 0. The fourth-order valence-electron chi connectivity index (χ4n) is 1.51. The molecular weight excluding hydrogens is 230 g/mol. The van der Waals surface area contributed by atoms with Crippen molar-refractivity contribution in [2.75, 3.05) is 6.61 Å². The molecule has 0 saturated carbocycles. The Labute approximate surface area is 107 Å². The van der Waals surface area contributed by atoms with Gasteiger partial charge in [0, 0.05) is 6.04 Å². The van der Waals surface area contributed by atoms with E-state index in [0.29, 0.717) is 13.0 Å². The smallest absolute Gasteiger partial charge is 0.304 e. The molecule has 0 heterocycles. The standard InChI is InChI=1S/C14H17NO3/c1-2-3-8-18-13-6-4-11(5-7-13)9-12(15)10-14(16)17/h4-7,12H,8-10,15H2,1H3,(H,16,17)/t12-/m0/s1. The van der Waals surface area contributed by atoms with E-state index in [9.17, 15) is 4.79 Å². The molecule has 1 rings (SSSR count). The number of hydrogen-bond donors (Lipinski definition) is 2. The molecule has 1 aromatic carbocycles. The third kappa shape index (κ3) is 5.37. The van der Waals surface area contributed by atoms with Crippen LogP contribution in [0.4, 0.5) is 0 Å². The highest BCUT2D eigenvalue weighted by Crippen LogP contribution is 2.13. The highest BCUT2D eigenvalue weighted by atomic mass is 16.5. The monoisotopic (exact) mass is 247 g/mol. The number of rotatable bonds is 6. The van der Waals surface area contributed by atoms with Crippen LogP contribution in [-0.2, 0) is 11.2 Å². The van der Waals surface area contributed by atoms with Crippen LogP contribution in [0.1, 0.15) is 18.9 Å². The largest absolute Gasteiger partial charge is 0.481 e. The third-order valence-corrected chi connectivity index (χ3v) is 2.35. The minimum absolute atomic E-state index is 0.0235. The van der Waals surface area contributed by atoms with E-state index in [0.717, 1.165) is 11.3 Å². The van der Waals surface area contributed by atoms with Gasteiger partial charge in [-0.15, -0.1) is 5.92 Å². The molecule has 18 heavy (non-hydrogen) atoms. The average Bonchev–Trinajstić information content (AvgIpc) is 2.30. The molecule has 1 atom stereocenters. The predicted molar refractivity (Wildman–Crippen MR) is 69.3 cm³/mol. The van der Waals surface area contributed by atoms with Crippen molar-refractivity contribution in [3.63, 3.8) is 0 Å². The average molecular weight is 247 g/mol. The van der Waals surface area contributed by atoms with Crippen molar-refractivity contribution >= 4 is 5.97 Å². The van der Waals surface area contributed by atoms with Crippen molar-refractivity contribution in [2.24, 2.45) is 5.73 Å². The van der Waals surface area contributed by atoms with Crippen molar-refractivity contribution in [3.8, 4) is 17.6 Å². The Morgan fingerprint density at radius 1 is 1.44 bits per heavy atom. The van der Waals surface area contributed by atoms with Crippen molar-refractivity contribution in [3.05, 3.63) is 29.8 Å². The maximum atomic E-state index is 10.5. The number of ether oxygens (including phenoxy) is 1. The third-order valence-electron chi connectivity index (χ3n) is 2.35. The predicted octanol–water partition coefficient (Wildman–Crippen LogP) is 1.43. The van der Waals surface area contributed by atoms with Crippen molar-refractivity contribution in [1.29, 1.82) is 0 Å². The molecule has 4 heteroatoms. The molecule has 3 N–H and O–H groups in total. The van der Waals surface area contributed by atoms with Gasteiger partial charge in [-0.05, 0) is 31.0 Å². The van der Waals surface area contributed by atoms with E-state index in [4.69, 9.17) is 15.6 Å². The Morgan fingerprint density at radius 2 is 2.11 bits per heavy atom. The number of aliphatic carboxylic acids is 1. The number of carboxylic acid groups (broad SMARTS) is 1. The Kier molecular flexibility index (Phi) is 5.75. The normalized spacial score (nSPS) is 11.2. The summed E-state index contributed by atoms with van der Waals surface area (Å²) in [6, 6.07) is 7.08. The molecule has 0 unspecified atom stereocenters. The first-order valence-electron chi connectivity index (χ1n) is 5.70. The zero-order valence-electron chi connectivity index (χ0n) is 10.3. The summed E-state index contributed by atoms with van der Waals surface area (Å²) in [6.07, 6.45) is 0.520. The number of carbonyl (C=O) groups is 1. The molecule has 0 fully saturated rings. The van der Waals surface area contributed by atoms with E-state index in [1.54, 1.807) is 6.92 Å². The van der Waals surface area contributed by atoms with Crippen LogP contribution in [0.15, 0.2) is 24.3 Å². The fraction of sp³-hybridized carbons (Fsp3) is 0.357. The molecular formula is C14H17NO3. The maximum Gasteiger partial charge on any atom is 0.304 e. The fourth-order valence-corrected chi connectivity index (χ4v) is 1.51. The van der Waals surface area contributed by atoms with Gasteiger partial charge >= 0.3 is 5.97 Å². The number of benzene rings is 1. The first-order valence-corrected chi connectivity index (χ1v) is 5.70. The van der Waals surface area contributed by atoms with Gasteiger partial charge in [-0.25, -0.2) is 0 Å². The van der Waals surface area contributed by atoms with Gasteiger partial charge in [0.15, 0.2) is 0 Å². The van der Waals surface area contributed by atoms with Crippen LogP contribution < -0.4 is 10.5 Å². The molecule has 1 aromatic rings. The summed E-state index contributed by atoms with van der Waals surface area (Å²) in [5.74, 6) is 5.42. The van der Waals surface area contributed by atoms with Crippen LogP contribution in [0, 0.1) is 11.8 Å². The van der Waals surface area contributed by atoms with Gasteiger partial charge in [0.1, 0.15) is 12.4 Å². The highest BCUT2D eigenvalue weighted by Gasteiger charge is 2.08. The highest BCUT2D eigenvalue weighted by molar-refractivity contribution is 5.67. The van der Waals surface area contributed by atoms with Gasteiger partial charge in [0.25, 0.3) is 0 Å². The van der Waals surface area contributed by atoms with Crippen molar-refractivity contribution < 1.29 is 14.6 Å². The summed E-state index contributed by atoms with van der Waals surface area (Å²) < 4.78 is 5.37. The molecule has 0 aliphatic rings. The van der Waals surface area contributed by atoms with Crippen LogP contribution in [0.5, 0.6) is 5.75 Å². The summed E-state index contributed by atoms with van der Waals surface area (Å²) in [6.45, 7) is 2.13. The first kappa shape index (κ1) is 14.1. The van der Waals surface area contributed by atoms with Gasteiger partial charge in [-0.1, -0.05) is 18.1 Å². The Morgan fingerprint density at radius 3 is 2.67 bits per heavy atom. The Bertz CT molecular complexity index is 442. The topological polar surface area (TPSA) is 72.5 Å². The lowest BCUT2D eigenvalue weighted by molar-refractivity contribution is -0.137. The molecule has 0 bridgehead atoms. The maximum absolute atomic E-state index is 10.5. The molecule has 0 aromatic heterocycles. The summed E-state index contributed by atoms with van der Waals surface area (Å²) in [4.78, 5) is 10.5. The molecule has 0 aliphatic heterocycles. The van der Waals surface area contributed by atoms with E-state index >= 15 is 0 Å². The zero-order valence-corrected chi connectivity index (χ0v) is 10.3. The van der Waals surface area contributed by atoms with Gasteiger partial charge in [-0.2, -0.15) is 0 Å². The molecule has 0 spiro atoms. The van der Waals surface area contributed by atoms with Gasteiger partial charge in [0.2, 0.25) is 0 Å². The summed E-state index contributed by atoms with van der Waals surface area (Å²) in [5, 5.41) is 8.61. The van der Waals surface area contributed by atoms with Crippen molar-refractivity contribution in [2.45, 2.75) is 25.8 Å². The summed E-state index contributed by atoms with van der Waals surface area (Å²) in [5.41, 5.74) is 6.71. The molecule has 0 amide bonds. The molecule has 4 nitrogen and oxygen atoms in total. The lowest BCUT2D eigenvalue weighted by Crippen LogP contribution is -2.26. The van der Waals surface area contributed by atoms with Gasteiger partial charge in [0.05, 0.1) is 6.42 Å². The summed E-state index contributed by atoms with van der Waals surface area (Å²) in [7, 11) is 0. The van der Waals surface area contributed by atoms with E-state index in [2.05, 4.69) is 11.8 Å². The lowest BCUT2D eigenvalue weighted by Gasteiger charge is -2.09. The van der Waals surface area contributed by atoms with E-state index in [-0.39, 0.29) is 12.5 Å². The number of carboxylic acids is 1. The van der Waals surface area contributed by atoms with Crippen molar-refractivity contribution in [1.82, 2.24) is 0 Å². The number of nitrogens with two attached hydrogens (primary N) is 1. The van der Waals surface area contributed by atoms with Crippen LogP contribution in [0.3, 0.4) is 0 Å². The van der Waals surface area contributed by atoms with E-state index < -0.39 is 5.97 Å². The molecule has 0 aliphatic carbocycles. The van der Waals surface area contributed by atoms with E-state index in [1.807, 2.05) is 24.3 Å². The quantitative estimate of drug-likeness (QED) is 0.746. The van der Waals surface area contributed by atoms with Gasteiger partial charge < -0.3 is 15.6 Å². The SMILES string of the molecule is CC#CCOc1ccc(C[C@H](N)CC(=O)O)cc1. The Hall–Kier alpha value is -1.99. The van der Waals surface area contributed by atoms with Crippen LogP contribution in [0.2, 0.25) is 0 Å². The van der Waals surface area contributed by atoms with E-state index in [1.165, 1.54) is 0 Å².